The van der Waals surface area contributed by atoms with Gasteiger partial charge in [-0.3, -0.25) is 10.1 Å². The van der Waals surface area contributed by atoms with Crippen molar-refractivity contribution in [2.45, 2.75) is 13.0 Å². The van der Waals surface area contributed by atoms with E-state index in [-0.39, 0.29) is 17.7 Å². The molecule has 0 spiro atoms. The van der Waals surface area contributed by atoms with Gasteiger partial charge in [0.1, 0.15) is 0 Å². The van der Waals surface area contributed by atoms with E-state index in [4.69, 9.17) is 4.42 Å². The molecule has 7 nitrogen and oxygen atoms in total. The summed E-state index contributed by atoms with van der Waals surface area (Å²) in [5.41, 5.74) is 0.928. The Bertz CT molecular complexity index is 723. The van der Waals surface area contributed by atoms with E-state index in [0.29, 0.717) is 31.2 Å². The van der Waals surface area contributed by atoms with Crippen LogP contribution in [0.5, 0.6) is 0 Å². The fourth-order valence-corrected chi connectivity index (χ4v) is 3.28. The monoisotopic (exact) mass is 332 g/mol. The number of amides is 3. The molecule has 0 aromatic carbocycles. The van der Waals surface area contributed by atoms with Crippen LogP contribution in [0.15, 0.2) is 35.5 Å². The maximum atomic E-state index is 12.0. The molecule has 3 rings (SSSR count). The quantitative estimate of drug-likeness (QED) is 0.841. The van der Waals surface area contributed by atoms with Crippen LogP contribution in [0, 0.1) is 0 Å². The molecule has 2 aromatic heterocycles. The van der Waals surface area contributed by atoms with Crippen molar-refractivity contribution in [1.29, 1.82) is 0 Å². The first-order valence-electron chi connectivity index (χ1n) is 7.14. The van der Waals surface area contributed by atoms with Gasteiger partial charge in [0, 0.05) is 24.4 Å². The molecule has 120 valence electrons. The first kappa shape index (κ1) is 15.3. The summed E-state index contributed by atoms with van der Waals surface area (Å²) < 4.78 is 5.05. The molecule has 0 atom stereocenters. The van der Waals surface area contributed by atoms with Crippen LogP contribution in [0.3, 0.4) is 0 Å². The number of urea groups is 1. The van der Waals surface area contributed by atoms with Gasteiger partial charge in [-0.15, -0.1) is 6.58 Å². The zero-order valence-electron chi connectivity index (χ0n) is 12.4. The van der Waals surface area contributed by atoms with Gasteiger partial charge in [-0.05, 0) is 12.1 Å². The Hall–Kier alpha value is -2.61. The molecule has 0 fully saturated rings. The second-order valence-corrected chi connectivity index (χ2v) is 6.05. The van der Waals surface area contributed by atoms with E-state index in [1.54, 1.807) is 23.1 Å². The lowest BCUT2D eigenvalue weighted by Gasteiger charge is -2.25. The summed E-state index contributed by atoms with van der Waals surface area (Å²) in [7, 11) is 0. The lowest BCUT2D eigenvalue weighted by molar-refractivity contribution is 0.0996. The molecule has 0 bridgehead atoms. The van der Waals surface area contributed by atoms with Gasteiger partial charge in [0.25, 0.3) is 5.91 Å². The molecular weight excluding hydrogens is 316 g/mol. The Morgan fingerprint density at radius 2 is 2.39 bits per heavy atom. The van der Waals surface area contributed by atoms with Gasteiger partial charge in [-0.1, -0.05) is 17.4 Å². The number of rotatable bonds is 4. The van der Waals surface area contributed by atoms with Crippen LogP contribution in [-0.4, -0.2) is 34.9 Å². The lowest BCUT2D eigenvalue weighted by atomic mass is 10.2. The second kappa shape index (κ2) is 6.66. The largest absolute Gasteiger partial charge is 0.459 e. The molecule has 0 unspecified atom stereocenters. The highest BCUT2D eigenvalue weighted by molar-refractivity contribution is 7.15. The number of hydrogen-bond acceptors (Lipinski definition) is 5. The summed E-state index contributed by atoms with van der Waals surface area (Å²) in [6, 6.07) is 3.13. The first-order valence-corrected chi connectivity index (χ1v) is 7.96. The second-order valence-electron chi connectivity index (χ2n) is 4.97. The molecule has 0 saturated heterocycles. The molecule has 8 heteroatoms. The Kier molecular flexibility index (Phi) is 4.42. The van der Waals surface area contributed by atoms with Crippen molar-refractivity contribution in [3.63, 3.8) is 0 Å². The third-order valence-corrected chi connectivity index (χ3v) is 4.38. The van der Waals surface area contributed by atoms with Crippen LogP contribution in [-0.2, 0) is 13.0 Å². The third kappa shape index (κ3) is 3.42. The summed E-state index contributed by atoms with van der Waals surface area (Å²) in [5, 5.41) is 6.00. The number of fused-ring (bicyclic) bond motifs is 1. The van der Waals surface area contributed by atoms with Crippen molar-refractivity contribution in [2.24, 2.45) is 0 Å². The van der Waals surface area contributed by atoms with Gasteiger partial charge in [0.2, 0.25) is 0 Å². The van der Waals surface area contributed by atoms with Gasteiger partial charge >= 0.3 is 6.03 Å². The number of nitrogens with one attached hydrogen (secondary N) is 2. The van der Waals surface area contributed by atoms with Crippen LogP contribution in [0.4, 0.5) is 9.93 Å². The summed E-state index contributed by atoms with van der Waals surface area (Å²) in [6.07, 6.45) is 3.76. The zero-order chi connectivity index (χ0) is 16.2. The van der Waals surface area contributed by atoms with Gasteiger partial charge in [0.15, 0.2) is 10.9 Å². The topological polar surface area (TPSA) is 87.5 Å². The smallest absolute Gasteiger partial charge is 0.317 e. The molecule has 1 aliphatic rings. The molecule has 0 radical (unpaired) electrons. The lowest BCUT2D eigenvalue weighted by Crippen LogP contribution is -2.42. The van der Waals surface area contributed by atoms with Crippen molar-refractivity contribution < 1.29 is 14.0 Å². The van der Waals surface area contributed by atoms with Crippen molar-refractivity contribution in [1.82, 2.24) is 15.2 Å². The Morgan fingerprint density at radius 3 is 3.13 bits per heavy atom. The molecule has 0 aliphatic carbocycles. The van der Waals surface area contributed by atoms with Gasteiger partial charge < -0.3 is 14.6 Å². The van der Waals surface area contributed by atoms with E-state index in [2.05, 4.69) is 22.2 Å². The average Bonchev–Trinajstić information content (AvgIpc) is 3.20. The predicted molar refractivity (Wildman–Crippen MR) is 86.5 cm³/mol. The Balaban J connectivity index is 1.65. The van der Waals surface area contributed by atoms with Gasteiger partial charge in [-0.25, -0.2) is 9.78 Å². The number of furan rings is 1. The number of hydrogen-bond donors (Lipinski definition) is 2. The van der Waals surface area contributed by atoms with Crippen molar-refractivity contribution in [3.05, 3.63) is 47.4 Å². The summed E-state index contributed by atoms with van der Waals surface area (Å²) >= 11 is 1.38. The van der Waals surface area contributed by atoms with E-state index in [0.717, 1.165) is 10.6 Å². The normalized spacial score (nSPS) is 13.3. The molecule has 0 saturated carbocycles. The fraction of sp³-hybridized carbons (Fsp3) is 0.267. The molecule has 3 amide bonds. The SMILES string of the molecule is C=CCNC(=O)N1CCc2nc(NC(=O)c3ccco3)sc2C1. The number of nitrogens with zero attached hydrogens (tertiary/aromatic N) is 2. The fourth-order valence-electron chi connectivity index (χ4n) is 2.26. The first-order chi connectivity index (χ1) is 11.2. The molecule has 1 aliphatic heterocycles. The van der Waals surface area contributed by atoms with E-state index < -0.39 is 0 Å². The van der Waals surface area contributed by atoms with Crippen LogP contribution in [0.1, 0.15) is 21.1 Å². The van der Waals surface area contributed by atoms with E-state index in [1.165, 1.54) is 17.6 Å². The van der Waals surface area contributed by atoms with E-state index in [9.17, 15) is 9.59 Å². The number of carbonyl (C=O) groups excluding carboxylic acids is 2. The van der Waals surface area contributed by atoms with Crippen LogP contribution >= 0.6 is 11.3 Å². The maximum Gasteiger partial charge on any atom is 0.317 e. The highest BCUT2D eigenvalue weighted by atomic mass is 32.1. The predicted octanol–water partition coefficient (Wildman–Crippen LogP) is 2.24. The highest BCUT2D eigenvalue weighted by Crippen LogP contribution is 2.28. The van der Waals surface area contributed by atoms with Gasteiger partial charge in [0.05, 0.1) is 18.5 Å². The minimum Gasteiger partial charge on any atom is -0.459 e. The summed E-state index contributed by atoms with van der Waals surface area (Å²) in [5.74, 6) is -0.0923. The van der Waals surface area contributed by atoms with Crippen molar-refractivity contribution in [3.8, 4) is 0 Å². The Labute approximate surface area is 137 Å². The summed E-state index contributed by atoms with van der Waals surface area (Å²) in [4.78, 5) is 31.1. The zero-order valence-corrected chi connectivity index (χ0v) is 13.2. The molecule has 23 heavy (non-hydrogen) atoms. The maximum absolute atomic E-state index is 12.0. The average molecular weight is 332 g/mol. The van der Waals surface area contributed by atoms with Crippen LogP contribution in [0.2, 0.25) is 0 Å². The highest BCUT2D eigenvalue weighted by Gasteiger charge is 2.24. The number of thiazole rings is 1. The third-order valence-electron chi connectivity index (χ3n) is 3.38. The molecule has 2 aromatic rings. The molecule has 3 heterocycles. The number of anilines is 1. The minimum atomic E-state index is -0.332. The Morgan fingerprint density at radius 1 is 1.52 bits per heavy atom. The van der Waals surface area contributed by atoms with Crippen molar-refractivity contribution >= 4 is 28.4 Å². The van der Waals surface area contributed by atoms with Crippen LogP contribution < -0.4 is 10.6 Å². The van der Waals surface area contributed by atoms with Crippen LogP contribution in [0.25, 0.3) is 0 Å². The summed E-state index contributed by atoms with van der Waals surface area (Å²) in [6.45, 7) is 5.11. The molecular formula is C15H16N4O3S. The van der Waals surface area contributed by atoms with Crippen molar-refractivity contribution in [2.75, 3.05) is 18.4 Å². The number of carbonyl (C=O) groups is 2. The minimum absolute atomic E-state index is 0.120. The van der Waals surface area contributed by atoms with Gasteiger partial charge in [-0.2, -0.15) is 0 Å². The van der Waals surface area contributed by atoms with E-state index >= 15 is 0 Å². The molecule has 2 N–H and O–H groups in total. The number of aromatic nitrogens is 1. The van der Waals surface area contributed by atoms with E-state index in [1.807, 2.05) is 0 Å². The standard InChI is InChI=1S/C15H16N4O3S/c1-2-6-16-15(21)19-7-5-10-12(9-19)23-14(17-10)18-13(20)11-4-3-8-22-11/h2-4,8H,1,5-7,9H2,(H,16,21)(H,17,18,20).